The number of carbonyl (C=O) groups is 1. The zero-order valence-corrected chi connectivity index (χ0v) is 13.2. The maximum atomic E-state index is 12.6. The normalized spacial score (nSPS) is 14.7. The lowest BCUT2D eigenvalue weighted by atomic mass is 9.97. The van der Waals surface area contributed by atoms with E-state index in [1.807, 2.05) is 22.8 Å². The van der Waals surface area contributed by atoms with Crippen molar-refractivity contribution >= 4 is 16.9 Å². The minimum Gasteiger partial charge on any atom is -0.477 e. The molecule has 0 unspecified atom stereocenters. The van der Waals surface area contributed by atoms with E-state index in [9.17, 15) is 14.7 Å². The minimum absolute atomic E-state index is 0.150. The van der Waals surface area contributed by atoms with Crippen molar-refractivity contribution < 1.29 is 9.90 Å². The molecule has 1 aromatic heterocycles. The Balaban J connectivity index is 2.46. The summed E-state index contributed by atoms with van der Waals surface area (Å²) in [6.45, 7) is 6.45. The molecule has 1 aliphatic carbocycles. The van der Waals surface area contributed by atoms with Gasteiger partial charge in [-0.05, 0) is 43.2 Å². The van der Waals surface area contributed by atoms with Crippen molar-refractivity contribution in [2.75, 3.05) is 0 Å². The molecule has 0 bridgehead atoms. The third kappa shape index (κ3) is 2.32. The number of hydrogen-bond donors (Lipinski definition) is 1. The van der Waals surface area contributed by atoms with Crippen LogP contribution in [0.5, 0.6) is 0 Å². The van der Waals surface area contributed by atoms with Crippen LogP contribution in [0.1, 0.15) is 54.2 Å². The van der Waals surface area contributed by atoms with Crippen LogP contribution in [0.15, 0.2) is 23.0 Å². The van der Waals surface area contributed by atoms with Gasteiger partial charge in [0.15, 0.2) is 5.43 Å². The molecule has 0 spiro atoms. The molecule has 4 nitrogen and oxygen atoms in total. The fraction of sp³-hybridized carbons (Fsp3) is 0.444. The molecule has 0 aliphatic heterocycles. The molecule has 0 radical (unpaired) electrons. The first-order valence-electron chi connectivity index (χ1n) is 7.81. The first-order valence-corrected chi connectivity index (χ1v) is 7.81. The zero-order chi connectivity index (χ0) is 16.0. The summed E-state index contributed by atoms with van der Waals surface area (Å²) in [7, 11) is 0. The molecule has 0 atom stereocenters. The molecular formula is C18H21NO3. The van der Waals surface area contributed by atoms with Gasteiger partial charge in [0.25, 0.3) is 0 Å². The molecule has 1 aliphatic rings. The van der Waals surface area contributed by atoms with Crippen molar-refractivity contribution in [2.24, 2.45) is 5.92 Å². The molecule has 1 heterocycles. The molecule has 1 saturated carbocycles. The standard InChI is InChI=1S/C18H21NO3/c1-10(2)13-5-4-6-14-16(13)19(9-12-7-8-12)15(18(21)22)11(3)17(14)20/h4-6,10,12H,7-9H2,1-3H3,(H,21,22). The van der Waals surface area contributed by atoms with Crippen LogP contribution >= 0.6 is 0 Å². The first-order chi connectivity index (χ1) is 10.4. The van der Waals surface area contributed by atoms with E-state index < -0.39 is 5.97 Å². The molecule has 0 saturated heterocycles. The summed E-state index contributed by atoms with van der Waals surface area (Å²) in [5.74, 6) is -0.253. The summed E-state index contributed by atoms with van der Waals surface area (Å²) >= 11 is 0. The van der Waals surface area contributed by atoms with Crippen molar-refractivity contribution in [1.82, 2.24) is 4.57 Å². The van der Waals surface area contributed by atoms with E-state index >= 15 is 0 Å². The summed E-state index contributed by atoms with van der Waals surface area (Å²) in [5.41, 5.74) is 2.16. The van der Waals surface area contributed by atoms with Crippen LogP contribution in [-0.4, -0.2) is 15.6 Å². The molecule has 22 heavy (non-hydrogen) atoms. The summed E-state index contributed by atoms with van der Waals surface area (Å²) in [5, 5.41) is 10.3. The van der Waals surface area contributed by atoms with E-state index in [2.05, 4.69) is 13.8 Å². The van der Waals surface area contributed by atoms with Gasteiger partial charge in [-0.15, -0.1) is 0 Å². The van der Waals surface area contributed by atoms with Crippen LogP contribution in [0.3, 0.4) is 0 Å². The Hall–Kier alpha value is -2.10. The number of rotatable bonds is 4. The summed E-state index contributed by atoms with van der Waals surface area (Å²) < 4.78 is 1.88. The molecular weight excluding hydrogens is 278 g/mol. The number of pyridine rings is 1. The Morgan fingerprint density at radius 3 is 2.59 bits per heavy atom. The summed E-state index contributed by atoms with van der Waals surface area (Å²) in [6, 6.07) is 5.70. The second kappa shape index (κ2) is 5.27. The van der Waals surface area contributed by atoms with E-state index in [0.29, 0.717) is 23.4 Å². The van der Waals surface area contributed by atoms with Gasteiger partial charge in [-0.2, -0.15) is 0 Å². The van der Waals surface area contributed by atoms with Crippen molar-refractivity contribution in [1.29, 1.82) is 0 Å². The van der Waals surface area contributed by atoms with E-state index in [-0.39, 0.29) is 17.0 Å². The Morgan fingerprint density at radius 1 is 1.36 bits per heavy atom. The number of nitrogens with zero attached hydrogens (tertiary/aromatic N) is 1. The van der Waals surface area contributed by atoms with Gasteiger partial charge in [-0.1, -0.05) is 26.0 Å². The highest BCUT2D eigenvalue weighted by Gasteiger charge is 2.27. The molecule has 0 amide bonds. The van der Waals surface area contributed by atoms with Crippen LogP contribution < -0.4 is 5.43 Å². The maximum Gasteiger partial charge on any atom is 0.352 e. The van der Waals surface area contributed by atoms with E-state index in [4.69, 9.17) is 0 Å². The van der Waals surface area contributed by atoms with Crippen LogP contribution in [0.25, 0.3) is 10.9 Å². The predicted octanol–water partition coefficient (Wildman–Crippen LogP) is 3.54. The zero-order valence-electron chi connectivity index (χ0n) is 13.2. The average Bonchev–Trinajstić information content (AvgIpc) is 3.27. The van der Waals surface area contributed by atoms with Crippen LogP contribution in [0.2, 0.25) is 0 Å². The molecule has 116 valence electrons. The molecule has 1 N–H and O–H groups in total. The van der Waals surface area contributed by atoms with Crippen LogP contribution in [0, 0.1) is 12.8 Å². The fourth-order valence-corrected chi connectivity index (χ4v) is 3.15. The van der Waals surface area contributed by atoms with E-state index in [1.165, 1.54) is 0 Å². The number of hydrogen-bond acceptors (Lipinski definition) is 2. The average molecular weight is 299 g/mol. The van der Waals surface area contributed by atoms with Gasteiger partial charge >= 0.3 is 5.97 Å². The fourth-order valence-electron chi connectivity index (χ4n) is 3.15. The summed E-state index contributed by atoms with van der Waals surface area (Å²) in [4.78, 5) is 24.4. The molecule has 1 aromatic carbocycles. The van der Waals surface area contributed by atoms with Gasteiger partial charge in [0.05, 0.1) is 5.52 Å². The van der Waals surface area contributed by atoms with Gasteiger partial charge in [0.2, 0.25) is 0 Å². The van der Waals surface area contributed by atoms with E-state index in [1.54, 1.807) is 6.92 Å². The number of aromatic nitrogens is 1. The Bertz CT molecular complexity index is 813. The quantitative estimate of drug-likeness (QED) is 0.939. The number of carboxylic acid groups (broad SMARTS) is 1. The van der Waals surface area contributed by atoms with Gasteiger partial charge in [0.1, 0.15) is 5.69 Å². The lowest BCUT2D eigenvalue weighted by molar-refractivity contribution is 0.0683. The lowest BCUT2D eigenvalue weighted by Gasteiger charge is -2.20. The lowest BCUT2D eigenvalue weighted by Crippen LogP contribution is -2.23. The van der Waals surface area contributed by atoms with Crippen molar-refractivity contribution in [3.05, 3.63) is 45.2 Å². The Labute approximate surface area is 129 Å². The first kappa shape index (κ1) is 14.8. The highest BCUT2D eigenvalue weighted by atomic mass is 16.4. The number of carboxylic acids is 1. The van der Waals surface area contributed by atoms with Crippen molar-refractivity contribution in [3.63, 3.8) is 0 Å². The molecule has 1 fully saturated rings. The highest BCUT2D eigenvalue weighted by molar-refractivity contribution is 5.93. The summed E-state index contributed by atoms with van der Waals surface area (Å²) in [6.07, 6.45) is 2.27. The van der Waals surface area contributed by atoms with Crippen LogP contribution in [-0.2, 0) is 6.54 Å². The Kier molecular flexibility index (Phi) is 3.55. The van der Waals surface area contributed by atoms with Gasteiger partial charge < -0.3 is 9.67 Å². The predicted molar refractivity (Wildman–Crippen MR) is 86.7 cm³/mol. The third-order valence-corrected chi connectivity index (χ3v) is 4.51. The largest absolute Gasteiger partial charge is 0.477 e. The van der Waals surface area contributed by atoms with E-state index in [0.717, 1.165) is 23.9 Å². The van der Waals surface area contributed by atoms with Gasteiger partial charge in [-0.25, -0.2) is 4.79 Å². The van der Waals surface area contributed by atoms with Gasteiger partial charge in [-0.3, -0.25) is 4.79 Å². The number of aromatic carboxylic acids is 1. The maximum absolute atomic E-state index is 12.6. The van der Waals surface area contributed by atoms with Crippen LogP contribution in [0.4, 0.5) is 0 Å². The number of fused-ring (bicyclic) bond motifs is 1. The van der Waals surface area contributed by atoms with Crippen molar-refractivity contribution in [2.45, 2.75) is 46.1 Å². The highest BCUT2D eigenvalue weighted by Crippen LogP contribution is 2.34. The van der Waals surface area contributed by atoms with Crippen molar-refractivity contribution in [3.8, 4) is 0 Å². The third-order valence-electron chi connectivity index (χ3n) is 4.51. The second-order valence-corrected chi connectivity index (χ2v) is 6.56. The smallest absolute Gasteiger partial charge is 0.352 e. The number of para-hydroxylation sites is 1. The minimum atomic E-state index is -1.02. The van der Waals surface area contributed by atoms with Gasteiger partial charge in [0, 0.05) is 17.5 Å². The molecule has 4 heteroatoms. The number of benzene rings is 1. The second-order valence-electron chi connectivity index (χ2n) is 6.56. The topological polar surface area (TPSA) is 59.3 Å². The SMILES string of the molecule is Cc1c(C(=O)O)n(CC2CC2)c2c(C(C)C)cccc2c1=O. The molecule has 3 rings (SSSR count). The molecule has 2 aromatic rings. The Morgan fingerprint density at radius 2 is 2.05 bits per heavy atom. The monoisotopic (exact) mass is 299 g/mol.